The molecular weight excluding hydrogens is 367 g/mol. The standard InChI is InChI=1S/C23H27FN4O/c1-14(2)28-21(9-10-25-28)20-13-17(22(29)27-23(4,5)6)12-19(26-20)16-7-8-18(24)15(3)11-16/h7-14H,1-6H3,(H,27,29). The van der Waals surface area contributed by atoms with Gasteiger partial charge in [-0.1, -0.05) is 0 Å². The number of carbonyl (C=O) groups excluding carboxylic acids is 1. The third-order valence-corrected chi connectivity index (χ3v) is 4.45. The second-order valence-electron chi connectivity index (χ2n) is 8.55. The largest absolute Gasteiger partial charge is 0.347 e. The number of amides is 1. The lowest BCUT2D eigenvalue weighted by atomic mass is 10.0. The van der Waals surface area contributed by atoms with Gasteiger partial charge in [0, 0.05) is 28.9 Å². The van der Waals surface area contributed by atoms with E-state index in [4.69, 9.17) is 4.98 Å². The zero-order valence-corrected chi connectivity index (χ0v) is 17.7. The molecule has 6 heteroatoms. The van der Waals surface area contributed by atoms with Gasteiger partial charge in [-0.05, 0) is 83.5 Å². The number of aromatic nitrogens is 3. The van der Waals surface area contributed by atoms with Gasteiger partial charge in [0.25, 0.3) is 5.91 Å². The highest BCUT2D eigenvalue weighted by molar-refractivity contribution is 5.96. The van der Waals surface area contributed by atoms with Crippen LogP contribution < -0.4 is 5.32 Å². The summed E-state index contributed by atoms with van der Waals surface area (Å²) in [5.74, 6) is -0.453. The quantitative estimate of drug-likeness (QED) is 0.664. The average Bonchev–Trinajstić information content (AvgIpc) is 3.12. The SMILES string of the molecule is Cc1cc(-c2cc(C(=O)NC(C)(C)C)cc(-c3ccnn3C(C)C)n2)ccc1F. The minimum absolute atomic E-state index is 0.144. The van der Waals surface area contributed by atoms with Crippen molar-refractivity contribution in [1.82, 2.24) is 20.1 Å². The summed E-state index contributed by atoms with van der Waals surface area (Å²) in [6.07, 6.45) is 1.72. The maximum Gasteiger partial charge on any atom is 0.251 e. The Morgan fingerprint density at radius 2 is 1.79 bits per heavy atom. The van der Waals surface area contributed by atoms with Gasteiger partial charge in [-0.25, -0.2) is 9.37 Å². The van der Waals surface area contributed by atoms with Crippen LogP contribution in [0.25, 0.3) is 22.6 Å². The van der Waals surface area contributed by atoms with Gasteiger partial charge >= 0.3 is 0 Å². The smallest absolute Gasteiger partial charge is 0.251 e. The molecule has 5 nitrogen and oxygen atoms in total. The van der Waals surface area contributed by atoms with Crippen LogP contribution in [0.4, 0.5) is 4.39 Å². The van der Waals surface area contributed by atoms with Crippen LogP contribution in [0.2, 0.25) is 0 Å². The highest BCUT2D eigenvalue weighted by Crippen LogP contribution is 2.27. The Hall–Kier alpha value is -3.02. The fraction of sp³-hybridized carbons (Fsp3) is 0.348. The van der Waals surface area contributed by atoms with Crippen LogP contribution in [0.1, 0.15) is 56.6 Å². The first-order valence-corrected chi connectivity index (χ1v) is 9.70. The summed E-state index contributed by atoms with van der Waals surface area (Å²) in [6, 6.07) is 10.4. The number of carbonyl (C=O) groups is 1. The van der Waals surface area contributed by atoms with Gasteiger partial charge in [0.15, 0.2) is 0 Å². The number of halogens is 1. The molecule has 0 unspecified atom stereocenters. The summed E-state index contributed by atoms with van der Waals surface area (Å²) in [4.78, 5) is 17.7. The van der Waals surface area contributed by atoms with Gasteiger partial charge in [-0.3, -0.25) is 9.48 Å². The summed E-state index contributed by atoms with van der Waals surface area (Å²) < 4.78 is 15.6. The van der Waals surface area contributed by atoms with E-state index in [1.165, 1.54) is 6.07 Å². The number of pyridine rings is 1. The van der Waals surface area contributed by atoms with Crippen molar-refractivity contribution in [2.24, 2.45) is 0 Å². The molecule has 0 aliphatic rings. The minimum atomic E-state index is -0.368. The van der Waals surface area contributed by atoms with E-state index in [1.54, 1.807) is 37.4 Å². The monoisotopic (exact) mass is 394 g/mol. The van der Waals surface area contributed by atoms with Gasteiger partial charge in [0.2, 0.25) is 0 Å². The van der Waals surface area contributed by atoms with E-state index in [1.807, 2.05) is 45.4 Å². The van der Waals surface area contributed by atoms with Crippen molar-refractivity contribution in [1.29, 1.82) is 0 Å². The molecule has 0 aliphatic carbocycles. The summed E-state index contributed by atoms with van der Waals surface area (Å²) in [6.45, 7) is 11.6. The first-order chi connectivity index (χ1) is 13.5. The lowest BCUT2D eigenvalue weighted by molar-refractivity contribution is 0.0919. The highest BCUT2D eigenvalue weighted by Gasteiger charge is 2.19. The molecule has 29 heavy (non-hydrogen) atoms. The van der Waals surface area contributed by atoms with Gasteiger partial charge in [-0.15, -0.1) is 0 Å². The number of nitrogens with one attached hydrogen (secondary N) is 1. The van der Waals surface area contributed by atoms with Crippen molar-refractivity contribution in [3.63, 3.8) is 0 Å². The first kappa shape index (κ1) is 20.7. The van der Waals surface area contributed by atoms with Crippen molar-refractivity contribution >= 4 is 5.91 Å². The molecule has 2 heterocycles. The molecule has 0 radical (unpaired) electrons. The molecule has 2 aromatic heterocycles. The number of hydrogen-bond donors (Lipinski definition) is 1. The van der Waals surface area contributed by atoms with Crippen LogP contribution in [0.3, 0.4) is 0 Å². The number of nitrogens with zero attached hydrogens (tertiary/aromatic N) is 3. The number of hydrogen-bond acceptors (Lipinski definition) is 3. The van der Waals surface area contributed by atoms with Gasteiger partial charge in [0.1, 0.15) is 5.82 Å². The van der Waals surface area contributed by atoms with E-state index in [-0.39, 0.29) is 23.3 Å². The molecule has 3 aromatic rings. The Labute approximate surface area is 171 Å². The maximum atomic E-state index is 13.8. The number of aryl methyl sites for hydroxylation is 1. The van der Waals surface area contributed by atoms with Crippen LogP contribution in [0, 0.1) is 12.7 Å². The molecule has 0 atom stereocenters. The normalized spacial score (nSPS) is 11.7. The average molecular weight is 394 g/mol. The summed E-state index contributed by atoms with van der Waals surface area (Å²) in [5.41, 5.74) is 3.50. The van der Waals surface area contributed by atoms with E-state index >= 15 is 0 Å². The van der Waals surface area contributed by atoms with Crippen LogP contribution in [-0.2, 0) is 0 Å². The van der Waals surface area contributed by atoms with Crippen molar-refractivity contribution in [2.45, 2.75) is 53.1 Å². The molecular formula is C23H27FN4O. The van der Waals surface area contributed by atoms with Crippen molar-refractivity contribution < 1.29 is 9.18 Å². The van der Waals surface area contributed by atoms with Crippen molar-refractivity contribution in [3.05, 3.63) is 59.5 Å². The second kappa shape index (κ2) is 7.78. The highest BCUT2D eigenvalue weighted by atomic mass is 19.1. The second-order valence-corrected chi connectivity index (χ2v) is 8.55. The lowest BCUT2D eigenvalue weighted by Crippen LogP contribution is -2.40. The van der Waals surface area contributed by atoms with Gasteiger partial charge in [0.05, 0.1) is 17.1 Å². The molecule has 0 aliphatic heterocycles. The summed E-state index contributed by atoms with van der Waals surface area (Å²) in [7, 11) is 0. The van der Waals surface area contributed by atoms with Crippen molar-refractivity contribution in [2.75, 3.05) is 0 Å². The Balaban J connectivity index is 2.17. The third-order valence-electron chi connectivity index (χ3n) is 4.45. The molecule has 0 saturated carbocycles. The van der Waals surface area contributed by atoms with Crippen LogP contribution in [0.15, 0.2) is 42.6 Å². The third kappa shape index (κ3) is 4.70. The molecule has 152 valence electrons. The molecule has 1 N–H and O–H groups in total. The van der Waals surface area contributed by atoms with Gasteiger partial charge in [-0.2, -0.15) is 5.10 Å². The number of benzene rings is 1. The van der Waals surface area contributed by atoms with E-state index in [9.17, 15) is 9.18 Å². The predicted octanol–water partition coefficient (Wildman–Crippen LogP) is 5.17. The molecule has 1 amide bonds. The van der Waals surface area contributed by atoms with E-state index < -0.39 is 0 Å². The Morgan fingerprint density at radius 1 is 1.10 bits per heavy atom. The summed E-state index contributed by atoms with van der Waals surface area (Å²) >= 11 is 0. The topological polar surface area (TPSA) is 59.8 Å². The van der Waals surface area contributed by atoms with E-state index in [0.29, 0.717) is 22.5 Å². The molecule has 1 aromatic carbocycles. The van der Waals surface area contributed by atoms with E-state index in [0.717, 1.165) is 11.3 Å². The zero-order valence-electron chi connectivity index (χ0n) is 17.7. The molecule has 0 bridgehead atoms. The molecule has 0 saturated heterocycles. The van der Waals surface area contributed by atoms with E-state index in [2.05, 4.69) is 10.4 Å². The minimum Gasteiger partial charge on any atom is -0.347 e. The number of rotatable bonds is 4. The van der Waals surface area contributed by atoms with Gasteiger partial charge < -0.3 is 5.32 Å². The Kier molecular flexibility index (Phi) is 5.55. The summed E-state index contributed by atoms with van der Waals surface area (Å²) in [5, 5.41) is 7.38. The van der Waals surface area contributed by atoms with Crippen molar-refractivity contribution in [3.8, 4) is 22.6 Å². The molecule has 3 rings (SSSR count). The molecule has 0 fully saturated rings. The first-order valence-electron chi connectivity index (χ1n) is 9.70. The fourth-order valence-corrected chi connectivity index (χ4v) is 3.09. The Morgan fingerprint density at radius 3 is 2.41 bits per heavy atom. The van der Waals surface area contributed by atoms with Crippen LogP contribution in [0.5, 0.6) is 0 Å². The zero-order chi connectivity index (χ0) is 21.3. The fourth-order valence-electron chi connectivity index (χ4n) is 3.09. The lowest BCUT2D eigenvalue weighted by Gasteiger charge is -2.21. The Bertz CT molecular complexity index is 1050. The predicted molar refractivity (Wildman–Crippen MR) is 113 cm³/mol. The maximum absolute atomic E-state index is 13.8. The van der Waals surface area contributed by atoms with Crippen LogP contribution in [-0.4, -0.2) is 26.2 Å². The molecule has 0 spiro atoms. The van der Waals surface area contributed by atoms with Crippen LogP contribution >= 0.6 is 0 Å².